The van der Waals surface area contributed by atoms with Gasteiger partial charge >= 0.3 is 0 Å². The van der Waals surface area contributed by atoms with Gasteiger partial charge in [-0.05, 0) is 47.9 Å². The van der Waals surface area contributed by atoms with E-state index in [4.69, 9.17) is 23.2 Å². The van der Waals surface area contributed by atoms with Gasteiger partial charge in [-0.3, -0.25) is 9.10 Å². The summed E-state index contributed by atoms with van der Waals surface area (Å²) < 4.78 is 26.0. The van der Waals surface area contributed by atoms with Gasteiger partial charge in [-0.25, -0.2) is 8.42 Å². The molecule has 0 aromatic heterocycles. The smallest absolute Gasteiger partial charge is 0.251 e. The SMILES string of the molecule is CCC(NC(=O)c1ccc(CN(c2cc(Cl)cc(Cl)c2)S(C)(=O)=O)cc1)c1ccccc1. The quantitative estimate of drug-likeness (QED) is 0.431. The highest BCUT2D eigenvalue weighted by atomic mass is 35.5. The molecule has 8 heteroatoms. The van der Waals surface area contributed by atoms with Gasteiger partial charge in [0.15, 0.2) is 0 Å². The van der Waals surface area contributed by atoms with Crippen LogP contribution in [-0.2, 0) is 16.6 Å². The second kappa shape index (κ2) is 10.4. The van der Waals surface area contributed by atoms with Crippen molar-refractivity contribution in [3.63, 3.8) is 0 Å². The van der Waals surface area contributed by atoms with Crippen LogP contribution in [-0.4, -0.2) is 20.6 Å². The van der Waals surface area contributed by atoms with Crippen LogP contribution in [0.3, 0.4) is 0 Å². The van der Waals surface area contributed by atoms with Crippen LogP contribution in [0.15, 0.2) is 72.8 Å². The first-order valence-corrected chi connectivity index (χ1v) is 12.7. The van der Waals surface area contributed by atoms with E-state index in [1.54, 1.807) is 42.5 Å². The monoisotopic (exact) mass is 490 g/mol. The summed E-state index contributed by atoms with van der Waals surface area (Å²) in [6, 6.07) is 21.2. The predicted molar refractivity (Wildman–Crippen MR) is 131 cm³/mol. The Hall–Kier alpha value is -2.54. The summed E-state index contributed by atoms with van der Waals surface area (Å²) in [5, 5.41) is 3.74. The summed E-state index contributed by atoms with van der Waals surface area (Å²) >= 11 is 12.1. The molecule has 0 bridgehead atoms. The Morgan fingerprint density at radius 3 is 2.09 bits per heavy atom. The van der Waals surface area contributed by atoms with E-state index in [-0.39, 0.29) is 18.5 Å². The lowest BCUT2D eigenvalue weighted by molar-refractivity contribution is 0.0935. The largest absolute Gasteiger partial charge is 0.345 e. The zero-order valence-corrected chi connectivity index (χ0v) is 20.1. The first-order chi connectivity index (χ1) is 15.2. The number of halogens is 2. The van der Waals surface area contributed by atoms with E-state index in [9.17, 15) is 13.2 Å². The van der Waals surface area contributed by atoms with Crippen molar-refractivity contribution in [2.24, 2.45) is 0 Å². The molecule has 0 spiro atoms. The Kier molecular flexibility index (Phi) is 7.82. The molecule has 0 saturated heterocycles. The van der Waals surface area contributed by atoms with Crippen molar-refractivity contribution in [2.45, 2.75) is 25.9 Å². The molecule has 0 aliphatic carbocycles. The molecule has 0 aliphatic rings. The van der Waals surface area contributed by atoms with Crippen LogP contribution in [0, 0.1) is 0 Å². The maximum atomic E-state index is 12.7. The van der Waals surface area contributed by atoms with Gasteiger partial charge in [0, 0.05) is 15.6 Å². The number of carbonyl (C=O) groups is 1. The molecule has 3 rings (SSSR count). The van der Waals surface area contributed by atoms with Crippen molar-refractivity contribution in [1.29, 1.82) is 0 Å². The van der Waals surface area contributed by atoms with E-state index in [1.165, 1.54) is 4.31 Å². The Labute approximate surface area is 199 Å². The van der Waals surface area contributed by atoms with Gasteiger partial charge in [0.2, 0.25) is 10.0 Å². The second-order valence-electron chi connectivity index (χ2n) is 7.44. The van der Waals surface area contributed by atoms with Crippen molar-refractivity contribution in [1.82, 2.24) is 5.32 Å². The third kappa shape index (κ3) is 6.25. The summed E-state index contributed by atoms with van der Waals surface area (Å²) in [4.78, 5) is 12.7. The zero-order chi connectivity index (χ0) is 23.3. The lowest BCUT2D eigenvalue weighted by Crippen LogP contribution is -2.29. The number of sulfonamides is 1. The lowest BCUT2D eigenvalue weighted by Gasteiger charge is -2.23. The molecule has 1 N–H and O–H groups in total. The maximum Gasteiger partial charge on any atom is 0.251 e. The van der Waals surface area contributed by atoms with Crippen LogP contribution in [0.4, 0.5) is 5.69 Å². The maximum absolute atomic E-state index is 12.7. The topological polar surface area (TPSA) is 66.5 Å². The molecule has 1 amide bonds. The highest BCUT2D eigenvalue weighted by Crippen LogP contribution is 2.28. The highest BCUT2D eigenvalue weighted by Gasteiger charge is 2.20. The van der Waals surface area contributed by atoms with Gasteiger partial charge in [0.25, 0.3) is 5.91 Å². The molecule has 5 nitrogen and oxygen atoms in total. The van der Waals surface area contributed by atoms with Crippen molar-refractivity contribution >= 4 is 44.8 Å². The third-order valence-corrected chi connectivity index (χ3v) is 6.57. The number of carbonyl (C=O) groups excluding carboxylic acids is 1. The third-order valence-electron chi connectivity index (χ3n) is 4.99. The predicted octanol–water partition coefficient (Wildman–Crippen LogP) is 5.84. The second-order valence-corrected chi connectivity index (χ2v) is 10.2. The molecule has 0 fully saturated rings. The highest BCUT2D eigenvalue weighted by molar-refractivity contribution is 7.92. The van der Waals surface area contributed by atoms with E-state index in [0.29, 0.717) is 21.3 Å². The number of anilines is 1. The molecular weight excluding hydrogens is 467 g/mol. The van der Waals surface area contributed by atoms with Crippen LogP contribution in [0.5, 0.6) is 0 Å². The first kappa shape index (κ1) is 24.1. The van der Waals surface area contributed by atoms with Crippen molar-refractivity contribution in [3.05, 3.63) is 99.5 Å². The van der Waals surface area contributed by atoms with Crippen LogP contribution >= 0.6 is 23.2 Å². The molecule has 0 radical (unpaired) electrons. The van der Waals surface area contributed by atoms with E-state index >= 15 is 0 Å². The summed E-state index contributed by atoms with van der Waals surface area (Å²) in [5.74, 6) is -0.186. The first-order valence-electron chi connectivity index (χ1n) is 10.1. The van der Waals surface area contributed by atoms with E-state index in [0.717, 1.165) is 23.8 Å². The molecule has 1 atom stereocenters. The zero-order valence-electron chi connectivity index (χ0n) is 17.8. The number of nitrogens with zero attached hydrogens (tertiary/aromatic N) is 1. The van der Waals surface area contributed by atoms with Gasteiger partial charge in [-0.15, -0.1) is 0 Å². The van der Waals surface area contributed by atoms with Crippen molar-refractivity contribution in [2.75, 3.05) is 10.6 Å². The fraction of sp³-hybridized carbons (Fsp3) is 0.208. The average molecular weight is 491 g/mol. The standard InChI is InChI=1S/C24H24Cl2N2O3S/c1-3-23(18-7-5-4-6-8-18)27-24(29)19-11-9-17(10-12-19)16-28(32(2,30)31)22-14-20(25)13-21(26)15-22/h4-15,23H,3,16H2,1-2H3,(H,27,29). The molecule has 3 aromatic rings. The molecule has 32 heavy (non-hydrogen) atoms. The Balaban J connectivity index is 1.77. The van der Waals surface area contributed by atoms with Crippen LogP contribution in [0.25, 0.3) is 0 Å². The van der Waals surface area contributed by atoms with E-state index in [2.05, 4.69) is 5.32 Å². The fourth-order valence-electron chi connectivity index (χ4n) is 3.36. The minimum absolute atomic E-state index is 0.0823. The number of nitrogens with one attached hydrogen (secondary N) is 1. The fourth-order valence-corrected chi connectivity index (χ4v) is 4.75. The molecule has 168 valence electrons. The molecular formula is C24H24Cl2N2O3S. The number of benzene rings is 3. The van der Waals surface area contributed by atoms with Crippen LogP contribution in [0.2, 0.25) is 10.0 Å². The normalized spacial score (nSPS) is 12.2. The summed E-state index contributed by atoms with van der Waals surface area (Å²) in [5.41, 5.74) is 2.64. The van der Waals surface area contributed by atoms with Gasteiger partial charge in [-0.1, -0.05) is 72.6 Å². The van der Waals surface area contributed by atoms with Gasteiger partial charge in [0.1, 0.15) is 0 Å². The van der Waals surface area contributed by atoms with Crippen LogP contribution in [0.1, 0.15) is 40.9 Å². The van der Waals surface area contributed by atoms with Crippen molar-refractivity contribution in [3.8, 4) is 0 Å². The van der Waals surface area contributed by atoms with Gasteiger partial charge in [0.05, 0.1) is 24.5 Å². The Morgan fingerprint density at radius 2 is 1.56 bits per heavy atom. The summed E-state index contributed by atoms with van der Waals surface area (Å²) in [7, 11) is -3.59. The lowest BCUT2D eigenvalue weighted by atomic mass is 10.0. The average Bonchev–Trinajstić information content (AvgIpc) is 2.75. The van der Waals surface area contributed by atoms with Crippen molar-refractivity contribution < 1.29 is 13.2 Å². The minimum atomic E-state index is -3.59. The number of hydrogen-bond acceptors (Lipinski definition) is 3. The van der Waals surface area contributed by atoms with Gasteiger partial charge in [-0.2, -0.15) is 0 Å². The van der Waals surface area contributed by atoms with E-state index in [1.807, 2.05) is 37.3 Å². The number of rotatable bonds is 8. The molecule has 0 aliphatic heterocycles. The molecule has 1 unspecified atom stereocenters. The summed E-state index contributed by atoms with van der Waals surface area (Å²) in [6.07, 6.45) is 1.89. The molecule has 3 aromatic carbocycles. The minimum Gasteiger partial charge on any atom is -0.345 e. The van der Waals surface area contributed by atoms with Crippen LogP contribution < -0.4 is 9.62 Å². The summed E-state index contributed by atoms with van der Waals surface area (Å²) in [6.45, 7) is 2.10. The number of amides is 1. The number of hydrogen-bond donors (Lipinski definition) is 1. The molecule has 0 heterocycles. The Bertz CT molecular complexity index is 1160. The van der Waals surface area contributed by atoms with E-state index < -0.39 is 10.0 Å². The Morgan fingerprint density at radius 1 is 0.969 bits per heavy atom. The molecule has 0 saturated carbocycles. The van der Waals surface area contributed by atoms with Gasteiger partial charge < -0.3 is 5.32 Å².